The average Bonchev–Trinajstić information content (AvgIpc) is 2.89. The number of benzene rings is 2. The molecule has 0 fully saturated rings. The minimum atomic E-state index is -1.00. The predicted molar refractivity (Wildman–Crippen MR) is 94.8 cm³/mol. The van der Waals surface area contributed by atoms with Crippen LogP contribution in [0.15, 0.2) is 54.6 Å². The van der Waals surface area contributed by atoms with Crippen molar-refractivity contribution in [2.75, 3.05) is 6.61 Å². The quantitative estimate of drug-likeness (QED) is 0.699. The third-order valence-corrected chi connectivity index (χ3v) is 4.06. The molecule has 0 saturated heterocycles. The Balaban J connectivity index is 2.23. The molecule has 0 bridgehead atoms. The van der Waals surface area contributed by atoms with E-state index in [0.717, 1.165) is 22.0 Å². The van der Waals surface area contributed by atoms with E-state index in [0.29, 0.717) is 12.1 Å². The van der Waals surface area contributed by atoms with Gasteiger partial charge in [-0.05, 0) is 24.1 Å². The molecule has 0 atom stereocenters. The zero-order valence-corrected chi connectivity index (χ0v) is 13.9. The fourth-order valence-corrected chi connectivity index (χ4v) is 3.09. The van der Waals surface area contributed by atoms with Gasteiger partial charge in [-0.15, -0.1) is 0 Å². The van der Waals surface area contributed by atoms with E-state index < -0.39 is 11.9 Å². The number of hydrogen-bond donors (Lipinski definition) is 1. The van der Waals surface area contributed by atoms with Gasteiger partial charge in [0.15, 0.2) is 0 Å². The Kier molecular flexibility index (Phi) is 4.84. The van der Waals surface area contributed by atoms with E-state index in [2.05, 4.69) is 0 Å². The number of aromatic nitrogens is 1. The van der Waals surface area contributed by atoms with Crippen LogP contribution in [0.4, 0.5) is 0 Å². The van der Waals surface area contributed by atoms with Gasteiger partial charge in [-0.3, -0.25) is 4.79 Å². The van der Waals surface area contributed by atoms with Crippen molar-refractivity contribution in [1.82, 2.24) is 4.57 Å². The highest BCUT2D eigenvalue weighted by Crippen LogP contribution is 2.29. The summed E-state index contributed by atoms with van der Waals surface area (Å²) in [6, 6.07) is 17.2. The highest BCUT2D eigenvalue weighted by Gasteiger charge is 2.24. The van der Waals surface area contributed by atoms with Crippen molar-refractivity contribution < 1.29 is 19.4 Å². The van der Waals surface area contributed by atoms with Crippen LogP contribution in [0.1, 0.15) is 28.5 Å². The van der Waals surface area contributed by atoms with Crippen molar-refractivity contribution in [2.45, 2.75) is 19.9 Å². The Bertz CT molecular complexity index is 912. The normalized spacial score (nSPS) is 10.8. The zero-order chi connectivity index (χ0) is 17.8. The van der Waals surface area contributed by atoms with Gasteiger partial charge in [0.05, 0.1) is 6.61 Å². The van der Waals surface area contributed by atoms with Gasteiger partial charge >= 0.3 is 11.9 Å². The monoisotopic (exact) mass is 337 g/mol. The fraction of sp³-hybridized carbons (Fsp3) is 0.200. The molecular weight excluding hydrogens is 318 g/mol. The number of nitrogens with zero attached hydrogens (tertiary/aromatic N) is 1. The molecule has 2 aromatic carbocycles. The van der Waals surface area contributed by atoms with E-state index in [-0.39, 0.29) is 13.2 Å². The molecule has 1 heterocycles. The summed E-state index contributed by atoms with van der Waals surface area (Å²) < 4.78 is 6.74. The molecule has 0 aliphatic rings. The topological polar surface area (TPSA) is 68.5 Å². The molecule has 0 aliphatic heterocycles. The van der Waals surface area contributed by atoms with E-state index in [4.69, 9.17) is 4.74 Å². The summed E-state index contributed by atoms with van der Waals surface area (Å²) in [5, 5.41) is 10.2. The molecule has 0 saturated carbocycles. The lowest BCUT2D eigenvalue weighted by molar-refractivity contribution is -0.137. The van der Waals surface area contributed by atoms with Crippen LogP contribution in [-0.4, -0.2) is 28.2 Å². The predicted octanol–water partition coefficient (Wildman–Crippen LogP) is 3.49. The molecule has 1 aromatic heterocycles. The molecule has 0 unspecified atom stereocenters. The van der Waals surface area contributed by atoms with Gasteiger partial charge in [-0.2, -0.15) is 0 Å². The summed E-state index contributed by atoms with van der Waals surface area (Å²) in [5.41, 5.74) is 2.88. The SMILES string of the molecule is CCOC(=O)c1c(Cc2ccccc2)c2ccccc2n1CC(=O)O. The second-order valence-electron chi connectivity index (χ2n) is 5.71. The van der Waals surface area contributed by atoms with Crippen molar-refractivity contribution in [2.24, 2.45) is 0 Å². The Morgan fingerprint density at radius 3 is 2.40 bits per heavy atom. The van der Waals surface area contributed by atoms with Crippen LogP contribution in [0.25, 0.3) is 10.9 Å². The summed E-state index contributed by atoms with van der Waals surface area (Å²) in [4.78, 5) is 23.9. The van der Waals surface area contributed by atoms with Crippen LogP contribution in [0, 0.1) is 0 Å². The van der Waals surface area contributed by atoms with Crippen molar-refractivity contribution in [3.8, 4) is 0 Å². The second kappa shape index (κ2) is 7.21. The van der Waals surface area contributed by atoms with Crippen LogP contribution in [0.2, 0.25) is 0 Å². The van der Waals surface area contributed by atoms with Gasteiger partial charge in [0.2, 0.25) is 0 Å². The number of carbonyl (C=O) groups is 2. The number of carboxylic acids is 1. The average molecular weight is 337 g/mol. The smallest absolute Gasteiger partial charge is 0.355 e. The number of para-hydroxylation sites is 1. The van der Waals surface area contributed by atoms with E-state index in [9.17, 15) is 14.7 Å². The summed E-state index contributed by atoms with van der Waals surface area (Å²) in [7, 11) is 0. The molecule has 0 amide bonds. The molecule has 128 valence electrons. The van der Waals surface area contributed by atoms with Gasteiger partial charge in [-0.25, -0.2) is 4.79 Å². The van der Waals surface area contributed by atoms with Gasteiger partial charge in [0.25, 0.3) is 0 Å². The van der Waals surface area contributed by atoms with Crippen LogP contribution in [-0.2, 0) is 22.5 Å². The first kappa shape index (κ1) is 16.8. The maximum absolute atomic E-state index is 12.6. The van der Waals surface area contributed by atoms with Gasteiger partial charge in [0.1, 0.15) is 12.2 Å². The number of esters is 1. The number of hydrogen-bond acceptors (Lipinski definition) is 3. The number of rotatable bonds is 6. The van der Waals surface area contributed by atoms with Crippen molar-refractivity contribution in [3.05, 3.63) is 71.4 Å². The summed E-state index contributed by atoms with van der Waals surface area (Å²) >= 11 is 0. The minimum Gasteiger partial charge on any atom is -0.480 e. The number of fused-ring (bicyclic) bond motifs is 1. The molecular formula is C20H19NO4. The Morgan fingerprint density at radius 1 is 1.04 bits per heavy atom. The van der Waals surface area contributed by atoms with E-state index in [1.165, 1.54) is 4.57 Å². The maximum Gasteiger partial charge on any atom is 0.355 e. The largest absolute Gasteiger partial charge is 0.480 e. The summed E-state index contributed by atoms with van der Waals surface area (Å²) in [5.74, 6) is -1.50. The first-order valence-corrected chi connectivity index (χ1v) is 8.14. The lowest BCUT2D eigenvalue weighted by Crippen LogP contribution is -2.18. The molecule has 5 nitrogen and oxygen atoms in total. The molecule has 1 N–H and O–H groups in total. The third-order valence-electron chi connectivity index (χ3n) is 4.06. The molecule has 25 heavy (non-hydrogen) atoms. The van der Waals surface area contributed by atoms with Crippen molar-refractivity contribution in [1.29, 1.82) is 0 Å². The van der Waals surface area contributed by atoms with Crippen molar-refractivity contribution in [3.63, 3.8) is 0 Å². The minimum absolute atomic E-state index is 0.234. The molecule has 3 aromatic rings. The van der Waals surface area contributed by atoms with Gasteiger partial charge < -0.3 is 14.4 Å². The number of carboxylic acid groups (broad SMARTS) is 1. The molecule has 0 spiro atoms. The molecule has 3 rings (SSSR count). The first-order chi connectivity index (χ1) is 12.1. The second-order valence-corrected chi connectivity index (χ2v) is 5.71. The lowest BCUT2D eigenvalue weighted by atomic mass is 10.0. The molecule has 0 aliphatic carbocycles. The van der Waals surface area contributed by atoms with Crippen LogP contribution in [0.5, 0.6) is 0 Å². The van der Waals surface area contributed by atoms with Crippen LogP contribution >= 0.6 is 0 Å². The zero-order valence-electron chi connectivity index (χ0n) is 13.9. The summed E-state index contributed by atoms with van der Waals surface area (Å²) in [6.07, 6.45) is 0.530. The van der Waals surface area contributed by atoms with Gasteiger partial charge in [-0.1, -0.05) is 48.5 Å². The number of ether oxygens (including phenoxy) is 1. The van der Waals surface area contributed by atoms with E-state index in [1.807, 2.05) is 54.6 Å². The van der Waals surface area contributed by atoms with Crippen LogP contribution < -0.4 is 0 Å². The van der Waals surface area contributed by atoms with E-state index in [1.54, 1.807) is 6.92 Å². The molecule has 5 heteroatoms. The first-order valence-electron chi connectivity index (χ1n) is 8.14. The van der Waals surface area contributed by atoms with Crippen LogP contribution in [0.3, 0.4) is 0 Å². The molecule has 0 radical (unpaired) electrons. The third kappa shape index (κ3) is 3.40. The Hall–Kier alpha value is -3.08. The summed E-state index contributed by atoms with van der Waals surface area (Å²) in [6.45, 7) is 1.68. The van der Waals surface area contributed by atoms with Crippen molar-refractivity contribution >= 4 is 22.8 Å². The fourth-order valence-electron chi connectivity index (χ4n) is 3.09. The van der Waals surface area contributed by atoms with E-state index >= 15 is 0 Å². The number of aliphatic carboxylic acids is 1. The Morgan fingerprint density at radius 2 is 1.72 bits per heavy atom. The lowest BCUT2D eigenvalue weighted by Gasteiger charge is -2.09. The standard InChI is InChI=1S/C20H19NO4/c1-2-25-20(24)19-16(12-14-8-4-3-5-9-14)15-10-6-7-11-17(15)21(19)13-18(22)23/h3-11H,2,12-13H2,1H3,(H,22,23). The maximum atomic E-state index is 12.6. The Labute approximate surface area is 145 Å². The highest BCUT2D eigenvalue weighted by molar-refractivity contribution is 6.00. The highest BCUT2D eigenvalue weighted by atomic mass is 16.5. The number of carbonyl (C=O) groups excluding carboxylic acids is 1. The van der Waals surface area contributed by atoms with Gasteiger partial charge in [0, 0.05) is 17.3 Å².